The number of rotatable bonds is 3. The number of para-hydroxylation sites is 3. The van der Waals surface area contributed by atoms with Crippen LogP contribution in [0.2, 0.25) is 0 Å². The van der Waals surface area contributed by atoms with E-state index in [1.54, 1.807) is 18.2 Å². The Kier molecular flexibility index (Phi) is 5.56. The minimum Gasteiger partial charge on any atom is -0.456 e. The fourth-order valence-electron chi connectivity index (χ4n) is 6.24. The summed E-state index contributed by atoms with van der Waals surface area (Å²) >= 11 is 0. The second kappa shape index (κ2) is 9.74. The van der Waals surface area contributed by atoms with Crippen LogP contribution < -0.4 is 0 Å². The Hall–Kier alpha value is -6.61. The summed E-state index contributed by atoms with van der Waals surface area (Å²) in [5, 5.41) is 34.9. The molecular formula is C39H19N3O2. The zero-order valence-electron chi connectivity index (χ0n) is 23.1. The van der Waals surface area contributed by atoms with Crippen molar-refractivity contribution in [3.8, 4) is 51.6 Å². The Morgan fingerprint density at radius 1 is 0.432 bits per heavy atom. The van der Waals surface area contributed by atoms with Crippen molar-refractivity contribution >= 4 is 43.9 Å². The molecule has 5 heteroatoms. The van der Waals surface area contributed by atoms with Crippen molar-refractivity contribution in [3.05, 3.63) is 132 Å². The van der Waals surface area contributed by atoms with Gasteiger partial charge in [0, 0.05) is 43.8 Å². The van der Waals surface area contributed by atoms with E-state index in [-0.39, 0.29) is 0 Å². The van der Waals surface area contributed by atoms with Gasteiger partial charge < -0.3 is 8.83 Å². The van der Waals surface area contributed by atoms with Gasteiger partial charge in [-0.3, -0.25) is 0 Å². The molecule has 8 rings (SSSR count). The smallest absolute Gasteiger partial charge is 0.143 e. The average molecular weight is 562 g/mol. The maximum atomic E-state index is 10.7. The standard InChI is InChI=1S/C39H19N3O2/c40-20-23-7-5-8-25(17-23)38-33(21-41)30(24-15-16-37-32(18-24)27-10-2-3-13-35(27)43-37)19-31(34(38)22-42)29-12-6-11-28-26-9-1-4-14-36(26)44-39(28)29/h1-19H. The van der Waals surface area contributed by atoms with Crippen molar-refractivity contribution in [2.24, 2.45) is 0 Å². The van der Waals surface area contributed by atoms with Gasteiger partial charge in [-0.05, 0) is 53.6 Å². The van der Waals surface area contributed by atoms with E-state index in [2.05, 4.69) is 18.2 Å². The van der Waals surface area contributed by atoms with Gasteiger partial charge in [-0.2, -0.15) is 15.8 Å². The van der Waals surface area contributed by atoms with Gasteiger partial charge in [0.15, 0.2) is 0 Å². The zero-order chi connectivity index (χ0) is 29.8. The Morgan fingerprint density at radius 2 is 1.09 bits per heavy atom. The second-order valence-electron chi connectivity index (χ2n) is 10.6. The molecular weight excluding hydrogens is 542 g/mol. The molecule has 0 aliphatic heterocycles. The molecule has 44 heavy (non-hydrogen) atoms. The van der Waals surface area contributed by atoms with Crippen LogP contribution in [0.4, 0.5) is 0 Å². The van der Waals surface area contributed by atoms with Crippen LogP contribution in [-0.2, 0) is 0 Å². The number of furan rings is 2. The Bertz CT molecular complexity index is 2600. The Labute approximate surface area is 251 Å². The minimum absolute atomic E-state index is 0.336. The normalized spacial score (nSPS) is 11.1. The molecule has 0 amide bonds. The average Bonchev–Trinajstić information content (AvgIpc) is 3.65. The van der Waals surface area contributed by atoms with Crippen molar-refractivity contribution < 1.29 is 8.83 Å². The lowest BCUT2D eigenvalue weighted by atomic mass is 9.83. The van der Waals surface area contributed by atoms with Gasteiger partial charge in [-0.1, -0.05) is 72.8 Å². The molecule has 5 nitrogen and oxygen atoms in total. The first-order valence-electron chi connectivity index (χ1n) is 14.0. The van der Waals surface area contributed by atoms with E-state index in [1.807, 2.05) is 97.1 Å². The van der Waals surface area contributed by atoms with Crippen LogP contribution in [0.1, 0.15) is 16.7 Å². The molecule has 0 saturated carbocycles. The Balaban J connectivity index is 1.50. The third-order valence-corrected chi connectivity index (χ3v) is 8.21. The predicted octanol–water partition coefficient (Wildman–Crippen LogP) is 10.1. The first kappa shape index (κ1) is 25.1. The van der Waals surface area contributed by atoms with Crippen LogP contribution in [0.15, 0.2) is 124 Å². The number of hydrogen-bond donors (Lipinski definition) is 0. The number of fused-ring (bicyclic) bond motifs is 6. The first-order valence-corrected chi connectivity index (χ1v) is 14.0. The molecule has 0 aliphatic rings. The molecule has 8 aromatic rings. The molecule has 0 aliphatic carbocycles. The van der Waals surface area contributed by atoms with Gasteiger partial charge in [-0.15, -0.1) is 0 Å². The van der Waals surface area contributed by atoms with Crippen molar-refractivity contribution in [2.75, 3.05) is 0 Å². The molecule has 202 valence electrons. The van der Waals surface area contributed by atoms with E-state index in [9.17, 15) is 15.8 Å². The molecule has 0 unspecified atom stereocenters. The highest BCUT2D eigenvalue weighted by atomic mass is 16.3. The molecule has 0 spiro atoms. The van der Waals surface area contributed by atoms with Gasteiger partial charge in [0.2, 0.25) is 0 Å². The van der Waals surface area contributed by atoms with E-state index < -0.39 is 0 Å². The van der Waals surface area contributed by atoms with Crippen LogP contribution in [0.5, 0.6) is 0 Å². The molecule has 0 radical (unpaired) electrons. The van der Waals surface area contributed by atoms with Gasteiger partial charge in [-0.25, -0.2) is 0 Å². The summed E-state index contributed by atoms with van der Waals surface area (Å²) in [7, 11) is 0. The van der Waals surface area contributed by atoms with Crippen LogP contribution >= 0.6 is 0 Å². The van der Waals surface area contributed by atoms with Crippen molar-refractivity contribution in [1.29, 1.82) is 15.8 Å². The van der Waals surface area contributed by atoms with Crippen molar-refractivity contribution in [3.63, 3.8) is 0 Å². The molecule has 0 saturated heterocycles. The zero-order valence-corrected chi connectivity index (χ0v) is 23.1. The fourth-order valence-corrected chi connectivity index (χ4v) is 6.24. The summed E-state index contributed by atoms with van der Waals surface area (Å²) in [5.74, 6) is 0. The molecule has 0 fully saturated rings. The molecule has 6 aromatic carbocycles. The molecule has 0 N–H and O–H groups in total. The third kappa shape index (κ3) is 3.70. The number of benzene rings is 6. The quantitative estimate of drug-likeness (QED) is 0.214. The monoisotopic (exact) mass is 561 g/mol. The van der Waals surface area contributed by atoms with Crippen LogP contribution in [0.3, 0.4) is 0 Å². The van der Waals surface area contributed by atoms with Gasteiger partial charge >= 0.3 is 0 Å². The summed E-state index contributed by atoms with van der Waals surface area (Å²) in [6.45, 7) is 0. The molecule has 2 aromatic heterocycles. The second-order valence-corrected chi connectivity index (χ2v) is 10.6. The van der Waals surface area contributed by atoms with Crippen molar-refractivity contribution in [2.45, 2.75) is 0 Å². The fraction of sp³-hybridized carbons (Fsp3) is 0. The van der Waals surface area contributed by atoms with Crippen molar-refractivity contribution in [1.82, 2.24) is 0 Å². The van der Waals surface area contributed by atoms with Crippen LogP contribution in [0, 0.1) is 34.0 Å². The predicted molar refractivity (Wildman–Crippen MR) is 171 cm³/mol. The maximum Gasteiger partial charge on any atom is 0.143 e. The largest absolute Gasteiger partial charge is 0.456 e. The topological polar surface area (TPSA) is 97.7 Å². The number of nitriles is 3. The van der Waals surface area contributed by atoms with E-state index in [1.165, 1.54) is 0 Å². The maximum absolute atomic E-state index is 10.7. The van der Waals surface area contributed by atoms with Gasteiger partial charge in [0.25, 0.3) is 0 Å². The lowest BCUT2D eigenvalue weighted by Gasteiger charge is -2.17. The first-order chi connectivity index (χ1) is 21.7. The highest BCUT2D eigenvalue weighted by molar-refractivity contribution is 6.11. The summed E-state index contributed by atoms with van der Waals surface area (Å²) in [6.07, 6.45) is 0. The Morgan fingerprint density at radius 3 is 1.86 bits per heavy atom. The molecule has 0 atom stereocenters. The lowest BCUT2D eigenvalue weighted by Crippen LogP contribution is -1.98. The lowest BCUT2D eigenvalue weighted by molar-refractivity contribution is 0.669. The SMILES string of the molecule is N#Cc1cccc(-c2c(C#N)c(-c3ccc4oc5ccccc5c4c3)cc(-c3cccc4c3oc3ccccc34)c2C#N)c1. The highest BCUT2D eigenvalue weighted by Crippen LogP contribution is 2.45. The summed E-state index contributed by atoms with van der Waals surface area (Å²) in [5.41, 5.74) is 8.02. The van der Waals surface area contributed by atoms with E-state index in [4.69, 9.17) is 8.83 Å². The summed E-state index contributed by atoms with van der Waals surface area (Å²) in [4.78, 5) is 0. The number of nitrogens with zero attached hydrogens (tertiary/aromatic N) is 3. The summed E-state index contributed by atoms with van der Waals surface area (Å²) < 4.78 is 12.5. The minimum atomic E-state index is 0.336. The van der Waals surface area contributed by atoms with E-state index in [0.717, 1.165) is 49.4 Å². The highest BCUT2D eigenvalue weighted by Gasteiger charge is 2.24. The van der Waals surface area contributed by atoms with E-state index in [0.29, 0.717) is 44.5 Å². The molecule has 2 heterocycles. The van der Waals surface area contributed by atoms with Crippen LogP contribution in [-0.4, -0.2) is 0 Å². The van der Waals surface area contributed by atoms with Gasteiger partial charge in [0.1, 0.15) is 34.5 Å². The summed E-state index contributed by atoms with van der Waals surface area (Å²) in [6, 6.07) is 43.5. The van der Waals surface area contributed by atoms with E-state index >= 15 is 0 Å². The van der Waals surface area contributed by atoms with Gasteiger partial charge in [0.05, 0.1) is 22.8 Å². The van der Waals surface area contributed by atoms with Crippen LogP contribution in [0.25, 0.3) is 77.3 Å². The number of hydrogen-bond acceptors (Lipinski definition) is 5. The molecule has 0 bridgehead atoms. The third-order valence-electron chi connectivity index (χ3n) is 8.21.